The van der Waals surface area contributed by atoms with E-state index in [0.29, 0.717) is 6.10 Å². The fraction of sp³-hybridized carbons (Fsp3) is 0.333. The molecule has 0 aromatic heterocycles. The van der Waals surface area contributed by atoms with Crippen molar-refractivity contribution in [1.82, 2.24) is 0 Å². The van der Waals surface area contributed by atoms with Gasteiger partial charge in [-0.05, 0) is 24.6 Å². The molecule has 0 spiro atoms. The lowest BCUT2D eigenvalue weighted by Gasteiger charge is -1.93. The van der Waals surface area contributed by atoms with Gasteiger partial charge in [-0.1, -0.05) is 12.1 Å². The van der Waals surface area contributed by atoms with Gasteiger partial charge in [-0.15, -0.1) is 0 Å². The molecule has 1 saturated heterocycles. The lowest BCUT2D eigenvalue weighted by atomic mass is 10.1. The van der Waals surface area contributed by atoms with E-state index in [1.165, 1.54) is 12.1 Å². The summed E-state index contributed by atoms with van der Waals surface area (Å²) in [5, 5.41) is 0. The van der Waals surface area contributed by atoms with Crippen LogP contribution in [0.3, 0.4) is 0 Å². The minimum absolute atomic E-state index is 0.193. The van der Waals surface area contributed by atoms with E-state index >= 15 is 0 Å². The van der Waals surface area contributed by atoms with E-state index in [1.54, 1.807) is 12.1 Å². The van der Waals surface area contributed by atoms with Crippen molar-refractivity contribution in [1.29, 1.82) is 0 Å². The highest BCUT2D eigenvalue weighted by Crippen LogP contribution is 2.37. The van der Waals surface area contributed by atoms with E-state index in [4.69, 9.17) is 4.74 Å². The highest BCUT2D eigenvalue weighted by atomic mass is 19.1. The Morgan fingerprint density at radius 1 is 1.27 bits per heavy atom. The van der Waals surface area contributed by atoms with Crippen LogP contribution in [0.2, 0.25) is 0 Å². The molecular formula is C9H9FO. The first-order chi connectivity index (χ1) is 5.27. The van der Waals surface area contributed by atoms with Gasteiger partial charge in [0.05, 0.1) is 6.10 Å². The molecule has 1 aliphatic heterocycles. The molecule has 1 aliphatic rings. The molecule has 0 bridgehead atoms. The quantitative estimate of drug-likeness (QED) is 0.562. The Morgan fingerprint density at radius 3 is 2.27 bits per heavy atom. The van der Waals surface area contributed by atoms with Crippen LogP contribution in [0.1, 0.15) is 18.6 Å². The van der Waals surface area contributed by atoms with E-state index in [9.17, 15) is 4.39 Å². The molecular weight excluding hydrogens is 143 g/mol. The summed E-state index contributed by atoms with van der Waals surface area (Å²) < 4.78 is 17.6. The minimum atomic E-state index is -0.193. The van der Waals surface area contributed by atoms with Crippen molar-refractivity contribution >= 4 is 0 Å². The van der Waals surface area contributed by atoms with Crippen molar-refractivity contribution in [2.45, 2.75) is 19.1 Å². The molecule has 2 heteroatoms. The van der Waals surface area contributed by atoms with E-state index in [-0.39, 0.29) is 11.9 Å². The topological polar surface area (TPSA) is 12.5 Å². The summed E-state index contributed by atoms with van der Waals surface area (Å²) >= 11 is 0. The van der Waals surface area contributed by atoms with Crippen LogP contribution in [0.4, 0.5) is 4.39 Å². The average Bonchev–Trinajstić information content (AvgIpc) is 2.69. The highest BCUT2D eigenvalue weighted by molar-refractivity contribution is 5.22. The van der Waals surface area contributed by atoms with Gasteiger partial charge in [0.15, 0.2) is 0 Å². The van der Waals surface area contributed by atoms with Gasteiger partial charge in [0.25, 0.3) is 0 Å². The molecule has 0 radical (unpaired) electrons. The molecule has 0 N–H and O–H groups in total. The normalized spacial score (nSPS) is 28.5. The zero-order valence-corrected chi connectivity index (χ0v) is 6.25. The average molecular weight is 152 g/mol. The molecule has 58 valence electrons. The Balaban J connectivity index is 2.21. The second kappa shape index (κ2) is 2.31. The monoisotopic (exact) mass is 152 g/mol. The third-order valence-electron chi connectivity index (χ3n) is 1.91. The molecule has 1 heterocycles. The predicted octanol–water partition coefficient (Wildman–Crippen LogP) is 2.29. The number of epoxide rings is 1. The Bertz CT molecular complexity index is 255. The lowest BCUT2D eigenvalue weighted by Crippen LogP contribution is -1.83. The maximum absolute atomic E-state index is 12.4. The van der Waals surface area contributed by atoms with Crippen molar-refractivity contribution in [2.75, 3.05) is 0 Å². The first-order valence-corrected chi connectivity index (χ1v) is 3.68. The number of benzene rings is 1. The van der Waals surface area contributed by atoms with Crippen molar-refractivity contribution in [3.63, 3.8) is 0 Å². The van der Waals surface area contributed by atoms with Crippen LogP contribution in [0.15, 0.2) is 24.3 Å². The summed E-state index contributed by atoms with van der Waals surface area (Å²) in [7, 11) is 0. The molecule has 11 heavy (non-hydrogen) atoms. The molecule has 0 saturated carbocycles. The van der Waals surface area contributed by atoms with Crippen LogP contribution in [-0.4, -0.2) is 6.10 Å². The summed E-state index contributed by atoms with van der Waals surface area (Å²) in [5.41, 5.74) is 1.07. The van der Waals surface area contributed by atoms with Crippen molar-refractivity contribution in [2.24, 2.45) is 0 Å². The Hall–Kier alpha value is -0.890. The standard InChI is InChI=1S/C9H9FO/c1-6-9(11-6)7-2-4-8(10)5-3-7/h2-6,9H,1H3/t6-,9-/m1/s1. The maximum atomic E-state index is 12.4. The van der Waals surface area contributed by atoms with Gasteiger partial charge in [0, 0.05) is 0 Å². The second-order valence-electron chi connectivity index (χ2n) is 2.81. The smallest absolute Gasteiger partial charge is 0.123 e. The Labute approximate surface area is 64.8 Å². The number of ether oxygens (including phenoxy) is 1. The number of rotatable bonds is 1. The zero-order valence-electron chi connectivity index (χ0n) is 6.25. The van der Waals surface area contributed by atoms with E-state index in [1.807, 2.05) is 6.92 Å². The van der Waals surface area contributed by atoms with Gasteiger partial charge in [-0.2, -0.15) is 0 Å². The third kappa shape index (κ3) is 1.26. The first kappa shape index (κ1) is 6.80. The van der Waals surface area contributed by atoms with Gasteiger partial charge in [-0.25, -0.2) is 4.39 Å². The molecule has 1 fully saturated rings. The molecule has 0 amide bonds. The van der Waals surface area contributed by atoms with Crippen LogP contribution in [0.5, 0.6) is 0 Å². The van der Waals surface area contributed by atoms with Gasteiger partial charge >= 0.3 is 0 Å². The molecule has 1 aromatic carbocycles. The molecule has 2 rings (SSSR count). The summed E-state index contributed by atoms with van der Waals surface area (Å²) in [4.78, 5) is 0. The van der Waals surface area contributed by atoms with Crippen LogP contribution in [0, 0.1) is 5.82 Å². The van der Waals surface area contributed by atoms with Crippen LogP contribution in [-0.2, 0) is 4.74 Å². The summed E-state index contributed by atoms with van der Waals surface area (Å²) in [5.74, 6) is -0.193. The summed E-state index contributed by atoms with van der Waals surface area (Å²) in [6.07, 6.45) is 0.510. The predicted molar refractivity (Wildman–Crippen MR) is 39.7 cm³/mol. The second-order valence-corrected chi connectivity index (χ2v) is 2.81. The maximum Gasteiger partial charge on any atom is 0.123 e. The van der Waals surface area contributed by atoms with Crippen molar-refractivity contribution < 1.29 is 9.13 Å². The number of halogens is 1. The molecule has 1 nitrogen and oxygen atoms in total. The SMILES string of the molecule is C[C@H]1O[C@H]1c1ccc(F)cc1. The van der Waals surface area contributed by atoms with Gasteiger partial charge in [-0.3, -0.25) is 0 Å². The third-order valence-corrected chi connectivity index (χ3v) is 1.91. The summed E-state index contributed by atoms with van der Waals surface area (Å²) in [6, 6.07) is 6.46. The van der Waals surface area contributed by atoms with Crippen molar-refractivity contribution in [3.8, 4) is 0 Å². The highest BCUT2D eigenvalue weighted by Gasteiger charge is 2.35. The minimum Gasteiger partial charge on any atom is -0.365 e. The van der Waals surface area contributed by atoms with Crippen LogP contribution < -0.4 is 0 Å². The Morgan fingerprint density at radius 2 is 1.82 bits per heavy atom. The molecule has 1 aromatic rings. The lowest BCUT2D eigenvalue weighted by molar-refractivity contribution is 0.383. The van der Waals surface area contributed by atoms with E-state index < -0.39 is 0 Å². The van der Waals surface area contributed by atoms with Gasteiger partial charge < -0.3 is 4.74 Å². The largest absolute Gasteiger partial charge is 0.365 e. The van der Waals surface area contributed by atoms with Gasteiger partial charge in [0.2, 0.25) is 0 Å². The number of hydrogen-bond acceptors (Lipinski definition) is 1. The molecule has 2 atom stereocenters. The van der Waals surface area contributed by atoms with Gasteiger partial charge in [0.1, 0.15) is 11.9 Å². The molecule has 0 unspecified atom stereocenters. The fourth-order valence-corrected chi connectivity index (χ4v) is 1.19. The van der Waals surface area contributed by atoms with Crippen molar-refractivity contribution in [3.05, 3.63) is 35.6 Å². The molecule has 0 aliphatic carbocycles. The van der Waals surface area contributed by atoms with Crippen LogP contribution >= 0.6 is 0 Å². The van der Waals surface area contributed by atoms with E-state index in [0.717, 1.165) is 5.56 Å². The summed E-state index contributed by atoms with van der Waals surface area (Å²) in [6.45, 7) is 2.01. The van der Waals surface area contributed by atoms with E-state index in [2.05, 4.69) is 0 Å². The first-order valence-electron chi connectivity index (χ1n) is 3.68. The van der Waals surface area contributed by atoms with Crippen LogP contribution in [0.25, 0.3) is 0 Å². The Kier molecular flexibility index (Phi) is 1.43. The zero-order chi connectivity index (χ0) is 7.84. The fourth-order valence-electron chi connectivity index (χ4n) is 1.19. The number of hydrogen-bond donors (Lipinski definition) is 0.